The van der Waals surface area contributed by atoms with Crippen molar-refractivity contribution in [1.82, 2.24) is 16.0 Å². The summed E-state index contributed by atoms with van der Waals surface area (Å²) >= 11 is 18.3. The largest absolute Gasteiger partial charge is 0.368 e. The quantitative estimate of drug-likeness (QED) is 0.392. The Kier molecular flexibility index (Phi) is 7.55. The number of hydrogen-bond donors (Lipinski definition) is 5. The minimum absolute atomic E-state index is 0.518. The van der Waals surface area contributed by atoms with E-state index in [4.69, 9.17) is 24.4 Å². The molecule has 21 heavy (non-hydrogen) atoms. The van der Waals surface area contributed by atoms with Crippen molar-refractivity contribution in [3.63, 3.8) is 0 Å². The van der Waals surface area contributed by atoms with Crippen LogP contribution in [0.3, 0.4) is 0 Å². The van der Waals surface area contributed by atoms with Gasteiger partial charge in [-0.2, -0.15) is 0 Å². The molecule has 2 rings (SSSR count). The van der Waals surface area contributed by atoms with E-state index in [2.05, 4.69) is 41.2 Å². The van der Waals surface area contributed by atoms with Crippen LogP contribution in [0, 0.1) is 0 Å². The highest BCUT2D eigenvalue weighted by Crippen LogP contribution is 2.24. The van der Waals surface area contributed by atoms with Crippen molar-refractivity contribution in [2.45, 2.75) is 75.5 Å². The average molecular weight is 364 g/mol. The summed E-state index contributed by atoms with van der Waals surface area (Å²) in [6.07, 6.45) is 9.65. The summed E-state index contributed by atoms with van der Waals surface area (Å²) < 4.78 is 1.25. The summed E-state index contributed by atoms with van der Waals surface area (Å²) in [5, 5.41) is 10.4. The van der Waals surface area contributed by atoms with E-state index in [1.807, 2.05) is 0 Å². The van der Waals surface area contributed by atoms with Crippen molar-refractivity contribution in [2.75, 3.05) is 0 Å². The van der Waals surface area contributed by atoms with Gasteiger partial charge in [-0.3, -0.25) is 0 Å². The van der Waals surface area contributed by atoms with Crippen LogP contribution < -0.4 is 16.0 Å². The van der Waals surface area contributed by atoms with Crippen LogP contribution in [0.1, 0.15) is 51.4 Å². The third-order valence-corrected chi connectivity index (χ3v) is 5.07. The molecule has 2 saturated carbocycles. The molecule has 2 aliphatic rings. The van der Waals surface area contributed by atoms with E-state index in [0.29, 0.717) is 32.8 Å². The lowest BCUT2D eigenvalue weighted by Gasteiger charge is -2.35. The van der Waals surface area contributed by atoms with Gasteiger partial charge >= 0.3 is 0 Å². The van der Waals surface area contributed by atoms with Crippen LogP contribution in [0.2, 0.25) is 0 Å². The van der Waals surface area contributed by atoms with Crippen molar-refractivity contribution in [2.24, 2.45) is 0 Å². The van der Waals surface area contributed by atoms with E-state index in [0.717, 1.165) is 0 Å². The first kappa shape index (κ1) is 17.8. The zero-order valence-electron chi connectivity index (χ0n) is 12.2. The smallest absolute Gasteiger partial charge is 0.130 e. The van der Waals surface area contributed by atoms with Crippen molar-refractivity contribution in [1.29, 1.82) is 0 Å². The summed E-state index contributed by atoms with van der Waals surface area (Å²) in [4.78, 5) is 0. The molecule has 2 aliphatic carbocycles. The number of hydrogen-bond acceptors (Lipinski definition) is 3. The van der Waals surface area contributed by atoms with Gasteiger partial charge in [0.15, 0.2) is 0 Å². The Bertz CT molecular complexity index is 327. The van der Waals surface area contributed by atoms with E-state index < -0.39 is 0 Å². The van der Waals surface area contributed by atoms with Crippen molar-refractivity contribution < 1.29 is 0 Å². The van der Waals surface area contributed by atoms with Gasteiger partial charge in [0.2, 0.25) is 0 Å². The SMILES string of the molecule is S=C(S)NC1CCC(NC2CCC(NC(=S)S)CC2)CC1. The van der Waals surface area contributed by atoms with Gasteiger partial charge in [-0.1, -0.05) is 24.4 Å². The second-order valence-electron chi connectivity index (χ2n) is 6.16. The second-order valence-corrected chi connectivity index (χ2v) is 8.48. The first-order chi connectivity index (χ1) is 10.0. The van der Waals surface area contributed by atoms with Gasteiger partial charge in [-0.25, -0.2) is 0 Å². The highest BCUT2D eigenvalue weighted by atomic mass is 32.1. The molecule has 0 saturated heterocycles. The fraction of sp³-hybridized carbons (Fsp3) is 0.857. The summed E-state index contributed by atoms with van der Waals surface area (Å²) in [6.45, 7) is 0. The number of rotatable bonds is 4. The molecule has 0 aromatic carbocycles. The lowest BCUT2D eigenvalue weighted by Crippen LogP contribution is -2.47. The molecule has 0 bridgehead atoms. The van der Waals surface area contributed by atoms with Gasteiger partial charge < -0.3 is 16.0 Å². The molecule has 0 spiro atoms. The monoisotopic (exact) mass is 363 g/mol. The lowest BCUT2D eigenvalue weighted by molar-refractivity contribution is 0.259. The molecule has 0 atom stereocenters. The Morgan fingerprint density at radius 1 is 0.619 bits per heavy atom. The van der Waals surface area contributed by atoms with Crippen LogP contribution in [-0.4, -0.2) is 32.8 Å². The maximum absolute atomic E-state index is 4.99. The highest BCUT2D eigenvalue weighted by Gasteiger charge is 2.26. The van der Waals surface area contributed by atoms with Crippen LogP contribution in [0.15, 0.2) is 0 Å². The lowest BCUT2D eigenvalue weighted by atomic mass is 9.87. The minimum Gasteiger partial charge on any atom is -0.368 e. The predicted octanol–water partition coefficient (Wildman–Crippen LogP) is 2.81. The van der Waals surface area contributed by atoms with Gasteiger partial charge in [0.05, 0.1) is 0 Å². The molecule has 0 unspecified atom stereocenters. The average Bonchev–Trinajstić information content (AvgIpc) is 2.42. The molecule has 2 fully saturated rings. The van der Waals surface area contributed by atoms with Crippen molar-refractivity contribution in [3.8, 4) is 0 Å². The van der Waals surface area contributed by atoms with E-state index in [9.17, 15) is 0 Å². The maximum atomic E-state index is 4.99. The Balaban J connectivity index is 1.64. The molecule has 0 aromatic rings. The summed E-state index contributed by atoms with van der Waals surface area (Å²) in [6, 6.07) is 2.36. The van der Waals surface area contributed by atoms with Crippen molar-refractivity contribution >= 4 is 58.3 Å². The molecule has 3 nitrogen and oxygen atoms in total. The normalized spacial score (nSPS) is 33.2. The molecule has 3 N–H and O–H groups in total. The fourth-order valence-electron chi connectivity index (χ4n) is 3.49. The molecular formula is C14H25N3S4. The zero-order valence-corrected chi connectivity index (χ0v) is 15.6. The van der Waals surface area contributed by atoms with Crippen LogP contribution in [0.25, 0.3) is 0 Å². The molecule has 0 heterocycles. The number of thiol groups is 2. The summed E-state index contributed by atoms with van der Waals surface area (Å²) in [5.41, 5.74) is 0. The first-order valence-corrected chi connectivity index (χ1v) is 9.49. The Hall–Kier alpha value is 0.440. The topological polar surface area (TPSA) is 36.1 Å². The van der Waals surface area contributed by atoms with Crippen LogP contribution >= 0.6 is 49.7 Å². The molecule has 120 valence electrons. The van der Waals surface area contributed by atoms with E-state index >= 15 is 0 Å². The van der Waals surface area contributed by atoms with Crippen molar-refractivity contribution in [3.05, 3.63) is 0 Å². The molecule has 0 radical (unpaired) electrons. The first-order valence-electron chi connectivity index (χ1n) is 7.78. The van der Waals surface area contributed by atoms with E-state index in [-0.39, 0.29) is 0 Å². The molecule has 0 aromatic heterocycles. The minimum atomic E-state index is 0.518. The number of thiocarbonyl (C=S) groups is 2. The Morgan fingerprint density at radius 2 is 0.905 bits per heavy atom. The van der Waals surface area contributed by atoms with Gasteiger partial charge in [-0.15, -0.1) is 25.3 Å². The molecule has 7 heteroatoms. The number of nitrogens with one attached hydrogen (secondary N) is 3. The van der Waals surface area contributed by atoms with E-state index in [1.54, 1.807) is 0 Å². The van der Waals surface area contributed by atoms with Gasteiger partial charge in [0.25, 0.3) is 0 Å². The van der Waals surface area contributed by atoms with Gasteiger partial charge in [0, 0.05) is 24.2 Å². The molecular weight excluding hydrogens is 338 g/mol. The Morgan fingerprint density at radius 3 is 1.19 bits per heavy atom. The molecule has 0 amide bonds. The maximum Gasteiger partial charge on any atom is 0.130 e. The zero-order chi connectivity index (χ0) is 15.2. The van der Waals surface area contributed by atoms with Gasteiger partial charge in [-0.05, 0) is 51.4 Å². The summed E-state index contributed by atoms with van der Waals surface area (Å²) in [7, 11) is 0. The van der Waals surface area contributed by atoms with Crippen LogP contribution in [-0.2, 0) is 0 Å². The third-order valence-electron chi connectivity index (χ3n) is 4.58. The Labute approximate surface area is 149 Å². The second kappa shape index (κ2) is 8.91. The molecule has 0 aliphatic heterocycles. The van der Waals surface area contributed by atoms with Crippen LogP contribution in [0.4, 0.5) is 0 Å². The third kappa shape index (κ3) is 6.60. The predicted molar refractivity (Wildman–Crippen MR) is 105 cm³/mol. The van der Waals surface area contributed by atoms with Crippen LogP contribution in [0.5, 0.6) is 0 Å². The van der Waals surface area contributed by atoms with Gasteiger partial charge in [0.1, 0.15) is 8.64 Å². The summed E-state index contributed by atoms with van der Waals surface area (Å²) in [5.74, 6) is 0. The standard InChI is InChI=1S/C14H25N3S4/c18-13(19)16-11-5-1-9(2-6-11)15-10-3-7-12(8-4-10)17-14(20)21/h9-12,15H,1-8H2,(H2,16,18,19)(H2,17,20,21). The highest BCUT2D eigenvalue weighted by molar-refractivity contribution is 8.11. The van der Waals surface area contributed by atoms with E-state index in [1.165, 1.54) is 51.4 Å². The fourth-order valence-corrected chi connectivity index (χ4v) is 4.19.